The van der Waals surface area contributed by atoms with E-state index in [-0.39, 0.29) is 6.10 Å². The molecule has 0 aliphatic carbocycles. The summed E-state index contributed by atoms with van der Waals surface area (Å²) in [5.41, 5.74) is 1.25. The van der Waals surface area contributed by atoms with Crippen molar-refractivity contribution in [2.75, 3.05) is 13.7 Å². The Bertz CT molecular complexity index is 532. The summed E-state index contributed by atoms with van der Waals surface area (Å²) in [6.45, 7) is 8.49. The summed E-state index contributed by atoms with van der Waals surface area (Å²) in [6, 6.07) is 6.27. The Morgan fingerprint density at radius 2 is 1.29 bits per heavy atom. The molecule has 0 saturated heterocycles. The molecule has 0 aromatic heterocycles. The number of hydrogen-bond acceptors (Lipinski definition) is 3. The van der Waals surface area contributed by atoms with E-state index in [9.17, 15) is 0 Å². The Balaban J connectivity index is 1.97. The predicted molar refractivity (Wildman–Crippen MR) is 135 cm³/mol. The van der Waals surface area contributed by atoms with Crippen LogP contribution in [0, 0.1) is 0 Å². The first-order chi connectivity index (χ1) is 15.2. The number of hydrogen-bond donors (Lipinski definition) is 1. The standard InChI is InChI=1S/C28H51NO2/c1-5-7-8-9-10-11-12-13-14-15-16-17-18-19-22-29-24-26-20-21-27(28(23-26)30-4)31-25(3)6-2/h20-21,23,25,29H,5-19,22,24H2,1-4H3. The van der Waals surface area contributed by atoms with Gasteiger partial charge in [0.25, 0.3) is 0 Å². The minimum Gasteiger partial charge on any atom is -0.493 e. The molecule has 0 aliphatic heterocycles. The summed E-state index contributed by atoms with van der Waals surface area (Å²) in [5, 5.41) is 3.57. The average molecular weight is 434 g/mol. The maximum Gasteiger partial charge on any atom is 0.161 e. The third kappa shape index (κ3) is 14.5. The van der Waals surface area contributed by atoms with E-state index in [0.717, 1.165) is 31.0 Å². The van der Waals surface area contributed by atoms with Gasteiger partial charge in [0.05, 0.1) is 13.2 Å². The van der Waals surface area contributed by atoms with Gasteiger partial charge in [-0.1, -0.05) is 103 Å². The van der Waals surface area contributed by atoms with Gasteiger partial charge in [-0.05, 0) is 44.0 Å². The number of nitrogens with one attached hydrogen (secondary N) is 1. The van der Waals surface area contributed by atoms with Crippen LogP contribution in [-0.4, -0.2) is 19.8 Å². The summed E-state index contributed by atoms with van der Waals surface area (Å²) in [4.78, 5) is 0. The van der Waals surface area contributed by atoms with Gasteiger partial charge in [0.1, 0.15) is 0 Å². The topological polar surface area (TPSA) is 30.5 Å². The highest BCUT2D eigenvalue weighted by Gasteiger charge is 2.08. The van der Waals surface area contributed by atoms with Gasteiger partial charge in [0, 0.05) is 6.54 Å². The Kier molecular flexibility index (Phi) is 17.5. The van der Waals surface area contributed by atoms with Crippen LogP contribution in [0.15, 0.2) is 18.2 Å². The van der Waals surface area contributed by atoms with Crippen molar-refractivity contribution in [2.45, 2.75) is 130 Å². The van der Waals surface area contributed by atoms with E-state index in [1.165, 1.54) is 95.5 Å². The molecule has 1 rings (SSSR count). The van der Waals surface area contributed by atoms with Gasteiger partial charge < -0.3 is 14.8 Å². The van der Waals surface area contributed by atoms with Crippen LogP contribution >= 0.6 is 0 Å². The molecule has 3 heteroatoms. The summed E-state index contributed by atoms with van der Waals surface area (Å²) < 4.78 is 11.4. The normalized spacial score (nSPS) is 12.1. The highest BCUT2D eigenvalue weighted by atomic mass is 16.5. The van der Waals surface area contributed by atoms with Crippen LogP contribution in [0.3, 0.4) is 0 Å². The largest absolute Gasteiger partial charge is 0.493 e. The summed E-state index contributed by atoms with van der Waals surface area (Å²) >= 11 is 0. The fourth-order valence-electron chi connectivity index (χ4n) is 3.90. The predicted octanol–water partition coefficient (Wildman–Crippen LogP) is 8.44. The lowest BCUT2D eigenvalue weighted by Gasteiger charge is -2.16. The Morgan fingerprint density at radius 3 is 1.81 bits per heavy atom. The Hall–Kier alpha value is -1.22. The number of benzene rings is 1. The number of unbranched alkanes of at least 4 members (excludes halogenated alkanes) is 13. The maximum absolute atomic E-state index is 5.93. The monoisotopic (exact) mass is 433 g/mol. The molecule has 180 valence electrons. The van der Waals surface area contributed by atoms with Crippen molar-refractivity contribution in [1.82, 2.24) is 5.32 Å². The summed E-state index contributed by atoms with van der Waals surface area (Å²) in [5.74, 6) is 1.67. The molecule has 0 heterocycles. The lowest BCUT2D eigenvalue weighted by molar-refractivity contribution is 0.207. The van der Waals surface area contributed by atoms with Crippen molar-refractivity contribution in [3.8, 4) is 11.5 Å². The molecule has 0 spiro atoms. The first-order valence-electron chi connectivity index (χ1n) is 13.3. The minimum absolute atomic E-state index is 0.207. The second-order valence-electron chi connectivity index (χ2n) is 9.09. The minimum atomic E-state index is 0.207. The quantitative estimate of drug-likeness (QED) is 0.197. The van der Waals surface area contributed by atoms with Crippen molar-refractivity contribution in [3.05, 3.63) is 23.8 Å². The Morgan fingerprint density at radius 1 is 0.742 bits per heavy atom. The second kappa shape index (κ2) is 19.5. The van der Waals surface area contributed by atoms with Gasteiger partial charge >= 0.3 is 0 Å². The van der Waals surface area contributed by atoms with Gasteiger partial charge in [-0.3, -0.25) is 0 Å². The van der Waals surface area contributed by atoms with Gasteiger partial charge in [0.15, 0.2) is 11.5 Å². The van der Waals surface area contributed by atoms with E-state index in [1.807, 2.05) is 6.07 Å². The molecular weight excluding hydrogens is 382 g/mol. The SMILES string of the molecule is CCCCCCCCCCCCCCCCNCc1ccc(OC(C)CC)c(OC)c1. The molecule has 0 bridgehead atoms. The zero-order valence-electron chi connectivity index (χ0n) is 21.1. The van der Waals surface area contributed by atoms with E-state index in [4.69, 9.17) is 9.47 Å². The van der Waals surface area contributed by atoms with Crippen molar-refractivity contribution < 1.29 is 9.47 Å². The van der Waals surface area contributed by atoms with E-state index in [2.05, 4.69) is 38.2 Å². The second-order valence-corrected chi connectivity index (χ2v) is 9.09. The number of rotatable bonds is 21. The van der Waals surface area contributed by atoms with Crippen molar-refractivity contribution in [2.24, 2.45) is 0 Å². The van der Waals surface area contributed by atoms with Gasteiger partial charge in [-0.15, -0.1) is 0 Å². The first kappa shape index (κ1) is 27.8. The van der Waals surface area contributed by atoms with E-state index < -0.39 is 0 Å². The van der Waals surface area contributed by atoms with Crippen molar-refractivity contribution >= 4 is 0 Å². The number of methoxy groups -OCH3 is 1. The zero-order chi connectivity index (χ0) is 22.6. The third-order valence-corrected chi connectivity index (χ3v) is 6.17. The van der Waals surface area contributed by atoms with Crippen LogP contribution in [0.25, 0.3) is 0 Å². The molecule has 1 aromatic rings. The van der Waals surface area contributed by atoms with Gasteiger partial charge in [0.2, 0.25) is 0 Å². The van der Waals surface area contributed by atoms with Crippen molar-refractivity contribution in [3.63, 3.8) is 0 Å². The molecule has 0 saturated carbocycles. The highest BCUT2D eigenvalue weighted by Crippen LogP contribution is 2.29. The van der Waals surface area contributed by atoms with Gasteiger partial charge in [-0.25, -0.2) is 0 Å². The third-order valence-electron chi connectivity index (χ3n) is 6.17. The molecule has 1 atom stereocenters. The molecule has 0 aliphatic rings. The van der Waals surface area contributed by atoms with E-state index >= 15 is 0 Å². The van der Waals surface area contributed by atoms with Crippen LogP contribution in [0.4, 0.5) is 0 Å². The maximum atomic E-state index is 5.93. The molecule has 1 aromatic carbocycles. The highest BCUT2D eigenvalue weighted by molar-refractivity contribution is 5.43. The molecule has 1 unspecified atom stereocenters. The van der Waals surface area contributed by atoms with Crippen LogP contribution in [0.2, 0.25) is 0 Å². The summed E-state index contributed by atoms with van der Waals surface area (Å²) in [7, 11) is 1.71. The molecule has 0 amide bonds. The molecule has 31 heavy (non-hydrogen) atoms. The number of ether oxygens (including phenoxy) is 2. The van der Waals surface area contributed by atoms with Crippen LogP contribution in [0.5, 0.6) is 11.5 Å². The van der Waals surface area contributed by atoms with E-state index in [0.29, 0.717) is 0 Å². The molecular formula is C28H51NO2. The Labute approximate surface area is 193 Å². The lowest BCUT2D eigenvalue weighted by Crippen LogP contribution is -2.15. The molecule has 3 nitrogen and oxygen atoms in total. The van der Waals surface area contributed by atoms with Crippen molar-refractivity contribution in [1.29, 1.82) is 0 Å². The molecule has 1 N–H and O–H groups in total. The molecule has 0 fully saturated rings. The van der Waals surface area contributed by atoms with E-state index in [1.54, 1.807) is 7.11 Å². The lowest BCUT2D eigenvalue weighted by atomic mass is 10.0. The first-order valence-corrected chi connectivity index (χ1v) is 13.3. The van der Waals surface area contributed by atoms with Crippen LogP contribution in [-0.2, 0) is 6.54 Å². The fraction of sp³-hybridized carbons (Fsp3) is 0.786. The van der Waals surface area contributed by atoms with Gasteiger partial charge in [-0.2, -0.15) is 0 Å². The average Bonchev–Trinajstić information content (AvgIpc) is 2.79. The summed E-state index contributed by atoms with van der Waals surface area (Å²) in [6.07, 6.45) is 20.9. The zero-order valence-corrected chi connectivity index (χ0v) is 21.1. The van der Waals surface area contributed by atoms with Crippen LogP contribution in [0.1, 0.15) is 123 Å². The fourth-order valence-corrected chi connectivity index (χ4v) is 3.90. The molecule has 0 radical (unpaired) electrons. The van der Waals surface area contributed by atoms with Crippen LogP contribution < -0.4 is 14.8 Å². The smallest absolute Gasteiger partial charge is 0.161 e.